The Kier molecular flexibility index (Phi) is 10.1. The van der Waals surface area contributed by atoms with Crippen LogP contribution in [0.1, 0.15) is 52.9 Å². The van der Waals surface area contributed by atoms with Gasteiger partial charge in [-0.15, -0.1) is 0 Å². The number of carbonyl (C=O) groups excluding carboxylic acids is 3. The maximum Gasteiger partial charge on any atom is 0.367 e. The molecule has 0 bridgehead atoms. The Balaban J connectivity index is 3.58. The first-order valence-corrected chi connectivity index (χ1v) is 12.0. The summed E-state index contributed by atoms with van der Waals surface area (Å²) >= 11 is 0. The molecule has 1 heterocycles. The summed E-state index contributed by atoms with van der Waals surface area (Å²) in [6.45, 7) is 10.1. The molecule has 0 unspecified atom stereocenters. The fourth-order valence-electron chi connectivity index (χ4n) is 3.09. The molecule has 1 aromatic rings. The van der Waals surface area contributed by atoms with Crippen LogP contribution in [-0.4, -0.2) is 62.3 Å². The Labute approximate surface area is 193 Å². The van der Waals surface area contributed by atoms with Gasteiger partial charge < -0.3 is 33.1 Å². The zero-order chi connectivity index (χ0) is 25.4. The lowest BCUT2D eigenvalue weighted by atomic mass is 9.84. The molecular formula is C20H33N2O10P. The summed E-state index contributed by atoms with van der Waals surface area (Å²) in [4.78, 5) is 37.4. The van der Waals surface area contributed by atoms with Crippen LogP contribution in [0.3, 0.4) is 0 Å². The van der Waals surface area contributed by atoms with Gasteiger partial charge in [0.1, 0.15) is 5.76 Å². The molecule has 0 aliphatic carbocycles. The Bertz CT molecular complexity index is 864. The zero-order valence-electron chi connectivity index (χ0n) is 20.3. The van der Waals surface area contributed by atoms with E-state index in [1.54, 1.807) is 13.8 Å². The van der Waals surface area contributed by atoms with Crippen molar-refractivity contribution in [3.05, 3.63) is 11.3 Å². The molecule has 1 rings (SSSR count). The minimum absolute atomic E-state index is 0.121. The average molecular weight is 492 g/mol. The molecule has 0 saturated heterocycles. The lowest BCUT2D eigenvalue weighted by Gasteiger charge is -2.29. The van der Waals surface area contributed by atoms with Gasteiger partial charge in [-0.25, -0.2) is 9.59 Å². The van der Waals surface area contributed by atoms with Crippen molar-refractivity contribution in [3.63, 3.8) is 0 Å². The Morgan fingerprint density at radius 2 is 1.55 bits per heavy atom. The molecule has 33 heavy (non-hydrogen) atoms. The third-order valence-corrected chi connectivity index (χ3v) is 6.09. The van der Waals surface area contributed by atoms with Crippen LogP contribution in [0.4, 0.5) is 0 Å². The van der Waals surface area contributed by atoms with Gasteiger partial charge in [-0.3, -0.25) is 9.36 Å². The van der Waals surface area contributed by atoms with Crippen molar-refractivity contribution >= 4 is 25.4 Å². The summed E-state index contributed by atoms with van der Waals surface area (Å²) in [6, 6.07) is 0. The highest BCUT2D eigenvalue weighted by Gasteiger charge is 2.52. The SMILES string of the molecule is CCOP(=O)(COc1noc(C(C)(C)C)c1CC(NC(C)=O)(C(=O)OC)C(=O)OC)OCC. The van der Waals surface area contributed by atoms with Crippen LogP contribution in [-0.2, 0) is 49.3 Å². The molecule has 12 nitrogen and oxygen atoms in total. The minimum Gasteiger partial charge on any atom is -0.467 e. The van der Waals surface area contributed by atoms with Gasteiger partial charge in [0.15, 0.2) is 6.35 Å². The van der Waals surface area contributed by atoms with Crippen LogP contribution in [0.5, 0.6) is 5.88 Å². The first-order chi connectivity index (χ1) is 15.3. The predicted molar refractivity (Wildman–Crippen MR) is 116 cm³/mol. The van der Waals surface area contributed by atoms with E-state index in [0.717, 1.165) is 21.1 Å². The summed E-state index contributed by atoms with van der Waals surface area (Å²) in [7, 11) is -1.48. The molecule has 0 aliphatic heterocycles. The highest BCUT2D eigenvalue weighted by molar-refractivity contribution is 7.53. The first-order valence-electron chi connectivity index (χ1n) is 10.3. The number of methoxy groups -OCH3 is 2. The third kappa shape index (κ3) is 7.02. The van der Waals surface area contributed by atoms with E-state index in [1.165, 1.54) is 0 Å². The van der Waals surface area contributed by atoms with Gasteiger partial charge in [-0.05, 0) is 19.0 Å². The second-order valence-corrected chi connectivity index (χ2v) is 10.0. The molecule has 1 N–H and O–H groups in total. The first kappa shape index (κ1) is 28.6. The molecule has 0 radical (unpaired) electrons. The molecular weight excluding hydrogens is 459 g/mol. The molecule has 1 aromatic heterocycles. The molecule has 0 atom stereocenters. The van der Waals surface area contributed by atoms with Gasteiger partial charge in [0, 0.05) is 18.8 Å². The van der Waals surface area contributed by atoms with Gasteiger partial charge in [0.2, 0.25) is 11.4 Å². The van der Waals surface area contributed by atoms with Crippen molar-refractivity contribution in [3.8, 4) is 5.88 Å². The monoisotopic (exact) mass is 492 g/mol. The van der Waals surface area contributed by atoms with Crippen LogP contribution in [0, 0.1) is 0 Å². The summed E-state index contributed by atoms with van der Waals surface area (Å²) in [5, 5.41) is 6.23. The number of amides is 1. The topological polar surface area (TPSA) is 152 Å². The van der Waals surface area contributed by atoms with Crippen molar-refractivity contribution < 1.29 is 46.7 Å². The van der Waals surface area contributed by atoms with Gasteiger partial charge in [0.05, 0.1) is 33.0 Å². The van der Waals surface area contributed by atoms with E-state index in [9.17, 15) is 18.9 Å². The summed E-state index contributed by atoms with van der Waals surface area (Å²) < 4.78 is 43.9. The van der Waals surface area contributed by atoms with E-state index < -0.39 is 49.2 Å². The number of hydrogen-bond acceptors (Lipinski definition) is 11. The molecule has 0 fully saturated rings. The highest BCUT2D eigenvalue weighted by Crippen LogP contribution is 2.48. The average Bonchev–Trinajstić information content (AvgIpc) is 3.13. The lowest BCUT2D eigenvalue weighted by molar-refractivity contribution is -0.165. The van der Waals surface area contributed by atoms with Crippen molar-refractivity contribution in [2.45, 2.75) is 58.9 Å². The van der Waals surface area contributed by atoms with Crippen LogP contribution in [0.25, 0.3) is 0 Å². The van der Waals surface area contributed by atoms with E-state index in [2.05, 4.69) is 10.5 Å². The zero-order valence-corrected chi connectivity index (χ0v) is 21.2. The summed E-state index contributed by atoms with van der Waals surface area (Å²) in [5.41, 5.74) is -2.73. The smallest absolute Gasteiger partial charge is 0.367 e. The molecule has 13 heteroatoms. The Morgan fingerprint density at radius 3 is 1.94 bits per heavy atom. The number of ether oxygens (including phenoxy) is 3. The maximum absolute atomic E-state index is 12.8. The number of rotatable bonds is 12. The molecule has 1 amide bonds. The van der Waals surface area contributed by atoms with Crippen molar-refractivity contribution in [1.29, 1.82) is 0 Å². The van der Waals surface area contributed by atoms with E-state index in [4.69, 9.17) is 27.8 Å². The van der Waals surface area contributed by atoms with E-state index in [-0.39, 0.29) is 30.4 Å². The van der Waals surface area contributed by atoms with Crippen molar-refractivity contribution in [2.75, 3.05) is 33.8 Å². The molecule has 0 aromatic carbocycles. The number of carbonyl (C=O) groups is 3. The predicted octanol–water partition coefficient (Wildman–Crippen LogP) is 2.34. The van der Waals surface area contributed by atoms with Crippen LogP contribution in [0.15, 0.2) is 4.52 Å². The largest absolute Gasteiger partial charge is 0.467 e. The Morgan fingerprint density at radius 1 is 1.03 bits per heavy atom. The minimum atomic E-state index is -3.62. The fraction of sp³-hybridized carbons (Fsp3) is 0.700. The van der Waals surface area contributed by atoms with Gasteiger partial charge in [-0.1, -0.05) is 20.8 Å². The maximum atomic E-state index is 12.8. The second kappa shape index (κ2) is 11.6. The number of hydrogen-bond donors (Lipinski definition) is 1. The molecule has 0 saturated carbocycles. The second-order valence-electron chi connectivity index (χ2n) is 8.01. The van der Waals surface area contributed by atoms with Crippen LogP contribution >= 0.6 is 7.60 Å². The van der Waals surface area contributed by atoms with Gasteiger partial charge in [0.25, 0.3) is 5.88 Å². The normalized spacial score (nSPS) is 12.2. The third-order valence-electron chi connectivity index (χ3n) is 4.34. The highest BCUT2D eigenvalue weighted by atomic mass is 31.2. The Hall–Kier alpha value is -2.43. The molecule has 188 valence electrons. The number of nitrogens with one attached hydrogen (secondary N) is 1. The van der Waals surface area contributed by atoms with E-state index >= 15 is 0 Å². The molecule has 0 aliphatic rings. The van der Waals surface area contributed by atoms with Crippen molar-refractivity contribution in [1.82, 2.24) is 10.5 Å². The summed E-state index contributed by atoms with van der Waals surface area (Å²) in [6.07, 6.45) is -0.966. The van der Waals surface area contributed by atoms with Crippen molar-refractivity contribution in [2.24, 2.45) is 0 Å². The van der Waals surface area contributed by atoms with Gasteiger partial charge >= 0.3 is 19.5 Å². The van der Waals surface area contributed by atoms with E-state index in [0.29, 0.717) is 0 Å². The summed E-state index contributed by atoms with van der Waals surface area (Å²) in [5.74, 6) is -2.69. The number of esters is 2. The van der Waals surface area contributed by atoms with Crippen LogP contribution in [0.2, 0.25) is 0 Å². The fourth-order valence-corrected chi connectivity index (χ4v) is 4.38. The number of aromatic nitrogens is 1. The van der Waals surface area contributed by atoms with Crippen LogP contribution < -0.4 is 10.1 Å². The molecule has 0 spiro atoms. The van der Waals surface area contributed by atoms with Gasteiger partial charge in [-0.2, -0.15) is 0 Å². The number of nitrogens with zero attached hydrogens (tertiary/aromatic N) is 1. The lowest BCUT2D eigenvalue weighted by Crippen LogP contribution is -2.62. The van der Waals surface area contributed by atoms with E-state index in [1.807, 2.05) is 20.8 Å². The quantitative estimate of drug-likeness (QED) is 0.260. The standard InChI is InChI=1S/C20H33N2O10P/c1-9-30-33(26,31-10-2)12-29-16-14(15(32-22-16)19(4,5)6)11-20(17(24)27-7,18(25)28-8)21-13(3)23/h9-12H2,1-8H3,(H,21,23).